The second-order valence-electron chi connectivity index (χ2n) is 16.1. The van der Waals surface area contributed by atoms with Crippen LogP contribution in [0.25, 0.3) is 77.5 Å². The van der Waals surface area contributed by atoms with Crippen molar-refractivity contribution in [3.05, 3.63) is 156 Å². The Morgan fingerprint density at radius 2 is 0.885 bits per heavy atom. The van der Waals surface area contributed by atoms with Gasteiger partial charge in [-0.2, -0.15) is 10.5 Å². The van der Waals surface area contributed by atoms with E-state index in [-0.39, 0.29) is 10.8 Å². The normalized spacial score (nSPS) is 12.0. The fourth-order valence-electron chi connectivity index (χ4n) is 7.78. The predicted octanol–water partition coefficient (Wildman–Crippen LogP) is 13.5. The summed E-state index contributed by atoms with van der Waals surface area (Å²) in [4.78, 5) is 0. The molecule has 7 aromatic rings. The Balaban J connectivity index is 1.53. The van der Waals surface area contributed by atoms with Gasteiger partial charge in [0, 0.05) is 0 Å². The highest BCUT2D eigenvalue weighted by Gasteiger charge is 2.33. The van der Waals surface area contributed by atoms with Crippen LogP contribution < -0.4 is 0 Å². The van der Waals surface area contributed by atoms with E-state index in [1.807, 2.05) is 12.1 Å². The van der Waals surface area contributed by atoms with Crippen LogP contribution in [0.5, 0.6) is 0 Å². The lowest BCUT2D eigenvalue weighted by Gasteiger charge is -2.23. The zero-order chi connectivity index (χ0) is 36.4. The van der Waals surface area contributed by atoms with Crippen molar-refractivity contribution in [1.82, 2.24) is 0 Å². The zero-order valence-electron chi connectivity index (χ0n) is 30.6. The van der Waals surface area contributed by atoms with Crippen LogP contribution in [0.4, 0.5) is 0 Å². The summed E-state index contributed by atoms with van der Waals surface area (Å²) in [6.45, 7) is 13.8. The number of nitriles is 2. The molecule has 1 aliphatic rings. The minimum atomic E-state index is -0.0489. The van der Waals surface area contributed by atoms with Crippen LogP contribution in [0.2, 0.25) is 0 Å². The molecule has 0 bridgehead atoms. The summed E-state index contributed by atoms with van der Waals surface area (Å²) in [5.74, 6) is 0. The van der Waals surface area contributed by atoms with Crippen LogP contribution in [0.1, 0.15) is 63.8 Å². The molecule has 250 valence electrons. The highest BCUT2D eigenvalue weighted by atomic mass is 14.4. The fraction of sp³-hybridized carbons (Fsp3) is 0.160. The third-order valence-electron chi connectivity index (χ3n) is 10.5. The van der Waals surface area contributed by atoms with Crippen LogP contribution in [0, 0.1) is 22.7 Å². The van der Waals surface area contributed by atoms with Crippen molar-refractivity contribution < 1.29 is 0 Å². The van der Waals surface area contributed by atoms with Gasteiger partial charge in [0.25, 0.3) is 0 Å². The van der Waals surface area contributed by atoms with Crippen molar-refractivity contribution in [3.63, 3.8) is 0 Å². The quantitative estimate of drug-likeness (QED) is 0.187. The van der Waals surface area contributed by atoms with Gasteiger partial charge in [-0.05, 0) is 142 Å². The van der Waals surface area contributed by atoms with Gasteiger partial charge in [-0.25, -0.2) is 0 Å². The number of nitrogens with zero attached hydrogens (tertiary/aromatic N) is 2. The minimum absolute atomic E-state index is 0.0326. The van der Waals surface area contributed by atoms with Crippen molar-refractivity contribution in [2.45, 2.75) is 52.4 Å². The summed E-state index contributed by atoms with van der Waals surface area (Å²) < 4.78 is 0. The standard InChI is InChI=1S/C50H40N2/c1-49(2,3)39-24-38-25-40(50(4,5)6)27-44-45(38)43(26-39)47-41(33-14-9-7-10-15-33)28-42(46(48(44)47)34-16-11-8-12-17-34)36-19-13-18-35(23-36)37-21-31(29-51)20-32(22-37)30-52/h7-28H,1-6H3. The largest absolute Gasteiger partial charge is 0.192 e. The molecule has 0 saturated heterocycles. The molecule has 2 nitrogen and oxygen atoms in total. The second kappa shape index (κ2) is 12.2. The van der Waals surface area contributed by atoms with Gasteiger partial charge < -0.3 is 0 Å². The van der Waals surface area contributed by atoms with E-state index in [4.69, 9.17) is 0 Å². The lowest BCUT2D eigenvalue weighted by molar-refractivity contribution is 0.589. The molecule has 0 spiro atoms. The van der Waals surface area contributed by atoms with E-state index >= 15 is 0 Å². The number of hydrogen-bond acceptors (Lipinski definition) is 2. The minimum Gasteiger partial charge on any atom is -0.192 e. The molecule has 7 aromatic carbocycles. The van der Waals surface area contributed by atoms with Gasteiger partial charge in [0.15, 0.2) is 0 Å². The zero-order valence-corrected chi connectivity index (χ0v) is 30.6. The fourth-order valence-corrected chi connectivity index (χ4v) is 7.78. The van der Waals surface area contributed by atoms with Gasteiger partial charge in [-0.1, -0.05) is 133 Å². The maximum Gasteiger partial charge on any atom is 0.0992 e. The van der Waals surface area contributed by atoms with Crippen LogP contribution in [-0.2, 0) is 10.8 Å². The van der Waals surface area contributed by atoms with Crippen molar-refractivity contribution in [1.29, 1.82) is 10.5 Å². The molecule has 2 heteroatoms. The third kappa shape index (κ3) is 5.58. The van der Waals surface area contributed by atoms with E-state index < -0.39 is 0 Å². The van der Waals surface area contributed by atoms with Crippen molar-refractivity contribution >= 4 is 10.8 Å². The van der Waals surface area contributed by atoms with Gasteiger partial charge in [0.2, 0.25) is 0 Å². The van der Waals surface area contributed by atoms with E-state index in [1.165, 1.54) is 60.8 Å². The average Bonchev–Trinajstić information content (AvgIpc) is 3.48. The van der Waals surface area contributed by atoms with Crippen molar-refractivity contribution in [2.24, 2.45) is 0 Å². The molecule has 0 radical (unpaired) electrons. The summed E-state index contributed by atoms with van der Waals surface area (Å²) in [6, 6.07) is 52.1. The van der Waals surface area contributed by atoms with Gasteiger partial charge in [-0.3, -0.25) is 0 Å². The molecular formula is C50H40N2. The van der Waals surface area contributed by atoms with Crippen molar-refractivity contribution in [3.8, 4) is 78.9 Å². The first-order chi connectivity index (χ1) is 24.9. The summed E-state index contributed by atoms with van der Waals surface area (Å²) in [5, 5.41) is 22.1. The molecule has 0 aromatic heterocycles. The molecule has 0 unspecified atom stereocenters. The van der Waals surface area contributed by atoms with E-state index in [2.05, 4.69) is 169 Å². The second-order valence-corrected chi connectivity index (χ2v) is 16.1. The Labute approximate surface area is 307 Å². The highest BCUT2D eigenvalue weighted by Crippen LogP contribution is 2.58. The molecule has 0 fully saturated rings. The number of rotatable bonds is 4. The Morgan fingerprint density at radius 3 is 1.44 bits per heavy atom. The topological polar surface area (TPSA) is 47.6 Å². The Hall–Kier alpha value is -6.22. The Bertz CT molecular complexity index is 2600. The predicted molar refractivity (Wildman–Crippen MR) is 217 cm³/mol. The third-order valence-corrected chi connectivity index (χ3v) is 10.5. The molecular weight excluding hydrogens is 629 g/mol. The number of benzene rings is 7. The molecule has 0 heterocycles. The summed E-state index contributed by atoms with van der Waals surface area (Å²) >= 11 is 0. The summed E-state index contributed by atoms with van der Waals surface area (Å²) in [7, 11) is 0. The molecule has 1 aliphatic carbocycles. The lowest BCUT2D eigenvalue weighted by atomic mass is 9.80. The van der Waals surface area contributed by atoms with Crippen LogP contribution in [-0.4, -0.2) is 0 Å². The Morgan fingerprint density at radius 1 is 0.385 bits per heavy atom. The smallest absolute Gasteiger partial charge is 0.0992 e. The maximum absolute atomic E-state index is 9.76. The van der Waals surface area contributed by atoms with E-state index in [1.54, 1.807) is 6.07 Å². The monoisotopic (exact) mass is 668 g/mol. The molecule has 0 N–H and O–H groups in total. The first-order valence-electron chi connectivity index (χ1n) is 18.0. The highest BCUT2D eigenvalue weighted by molar-refractivity contribution is 6.23. The first kappa shape index (κ1) is 33.0. The lowest BCUT2D eigenvalue weighted by Crippen LogP contribution is -2.12. The van der Waals surface area contributed by atoms with Crippen LogP contribution >= 0.6 is 0 Å². The average molecular weight is 669 g/mol. The van der Waals surface area contributed by atoms with E-state index in [0.29, 0.717) is 11.1 Å². The molecule has 0 aliphatic heterocycles. The molecule has 8 rings (SSSR count). The molecule has 0 amide bonds. The Kier molecular flexibility index (Phi) is 7.75. The van der Waals surface area contributed by atoms with Crippen LogP contribution in [0.3, 0.4) is 0 Å². The SMILES string of the molecule is CC(C)(C)c1cc2c3c(cc(C(C)(C)C)cc3c1)-c1c(-c3ccccc3)c(-c3cccc(-c4cc(C#N)cc(C#N)c4)c3)cc(-c3ccccc3)c1-2. The first-order valence-corrected chi connectivity index (χ1v) is 18.0. The van der Waals surface area contributed by atoms with E-state index in [0.717, 1.165) is 27.8 Å². The molecule has 0 atom stereocenters. The van der Waals surface area contributed by atoms with Gasteiger partial charge in [0.05, 0.1) is 23.3 Å². The van der Waals surface area contributed by atoms with Gasteiger partial charge in [0.1, 0.15) is 0 Å². The number of hydrogen-bond donors (Lipinski definition) is 0. The maximum atomic E-state index is 9.76. The van der Waals surface area contributed by atoms with Gasteiger partial charge in [-0.15, -0.1) is 0 Å². The molecule has 0 saturated carbocycles. The molecule has 52 heavy (non-hydrogen) atoms. The number of fused-ring (bicyclic) bond motifs is 3. The van der Waals surface area contributed by atoms with Gasteiger partial charge >= 0.3 is 0 Å². The van der Waals surface area contributed by atoms with E-state index in [9.17, 15) is 10.5 Å². The summed E-state index contributed by atoms with van der Waals surface area (Å²) in [6.07, 6.45) is 0. The summed E-state index contributed by atoms with van der Waals surface area (Å²) in [5.41, 5.74) is 17.4. The van der Waals surface area contributed by atoms with Crippen LogP contribution in [0.15, 0.2) is 133 Å². The van der Waals surface area contributed by atoms with Crippen molar-refractivity contribution in [2.75, 3.05) is 0 Å².